The van der Waals surface area contributed by atoms with Crippen LogP contribution in [0.3, 0.4) is 0 Å². The molecule has 1 aromatic carbocycles. The van der Waals surface area contributed by atoms with E-state index < -0.39 is 18.1 Å². The van der Waals surface area contributed by atoms with Gasteiger partial charge in [-0.05, 0) is 49.7 Å². The van der Waals surface area contributed by atoms with Gasteiger partial charge in [0.15, 0.2) is 5.65 Å². The second-order valence-electron chi connectivity index (χ2n) is 7.35. The van der Waals surface area contributed by atoms with Crippen LogP contribution in [0.1, 0.15) is 27.4 Å². The fraction of sp³-hybridized carbons (Fsp3) is 0.130. The minimum Gasteiger partial charge on any atom is -0.478 e. The molecular weight excluding hydrogens is 424 g/mol. The number of fused-ring (bicyclic) bond motifs is 1. The molecule has 0 aliphatic carbocycles. The highest BCUT2D eigenvalue weighted by atomic mass is 16.4. The number of hydrogen-bond acceptors (Lipinski definition) is 7. The average molecular weight is 442 g/mol. The SMILES string of the molecule is Cc1cc(-c2c(-c3cccc(C#N)c3)nn3ccc(C(=O)N[C@@H](O)C(=O)O)nc23)cc(C)n1. The highest BCUT2D eigenvalue weighted by Crippen LogP contribution is 2.35. The monoisotopic (exact) mass is 442 g/mol. The molecule has 0 bridgehead atoms. The summed E-state index contributed by atoms with van der Waals surface area (Å²) in [5.41, 5.74) is 4.89. The van der Waals surface area contributed by atoms with Crippen LogP contribution in [0.5, 0.6) is 0 Å². The van der Waals surface area contributed by atoms with Crippen LogP contribution in [-0.4, -0.2) is 47.9 Å². The van der Waals surface area contributed by atoms with Crippen molar-refractivity contribution in [2.75, 3.05) is 0 Å². The number of benzene rings is 1. The highest BCUT2D eigenvalue weighted by Gasteiger charge is 2.22. The van der Waals surface area contributed by atoms with Crippen molar-refractivity contribution in [2.45, 2.75) is 20.1 Å². The zero-order chi connectivity index (χ0) is 23.7. The van der Waals surface area contributed by atoms with E-state index >= 15 is 0 Å². The molecule has 4 rings (SSSR count). The Hall–Kier alpha value is -4.62. The molecule has 0 radical (unpaired) electrons. The number of nitriles is 1. The Labute approximate surface area is 187 Å². The lowest BCUT2D eigenvalue weighted by atomic mass is 9.99. The Balaban J connectivity index is 1.95. The second-order valence-corrected chi connectivity index (χ2v) is 7.35. The first-order chi connectivity index (χ1) is 15.8. The first kappa shape index (κ1) is 21.6. The minimum atomic E-state index is -2.06. The molecule has 1 amide bonds. The smallest absolute Gasteiger partial charge is 0.353 e. The summed E-state index contributed by atoms with van der Waals surface area (Å²) in [5.74, 6) is -2.44. The topological polar surface area (TPSA) is 154 Å². The van der Waals surface area contributed by atoms with Crippen LogP contribution >= 0.6 is 0 Å². The van der Waals surface area contributed by atoms with Crippen LogP contribution in [0.15, 0.2) is 48.7 Å². The van der Waals surface area contributed by atoms with Gasteiger partial charge < -0.3 is 15.5 Å². The molecule has 0 saturated heterocycles. The fourth-order valence-corrected chi connectivity index (χ4v) is 3.50. The molecule has 164 valence electrons. The summed E-state index contributed by atoms with van der Waals surface area (Å²) in [4.78, 5) is 32.1. The van der Waals surface area contributed by atoms with Crippen LogP contribution in [-0.2, 0) is 4.79 Å². The number of pyridine rings is 1. The van der Waals surface area contributed by atoms with Crippen LogP contribution < -0.4 is 5.32 Å². The van der Waals surface area contributed by atoms with Crippen molar-refractivity contribution in [2.24, 2.45) is 0 Å². The van der Waals surface area contributed by atoms with Gasteiger partial charge in [-0.2, -0.15) is 10.4 Å². The van der Waals surface area contributed by atoms with E-state index in [2.05, 4.69) is 21.1 Å². The van der Waals surface area contributed by atoms with Gasteiger partial charge in [-0.3, -0.25) is 9.78 Å². The van der Waals surface area contributed by atoms with E-state index in [0.29, 0.717) is 28.0 Å². The number of aromatic nitrogens is 4. The van der Waals surface area contributed by atoms with Gasteiger partial charge in [-0.1, -0.05) is 12.1 Å². The number of carbonyl (C=O) groups is 2. The lowest BCUT2D eigenvalue weighted by molar-refractivity contribution is -0.147. The quantitative estimate of drug-likeness (QED) is 0.397. The number of carboxylic acid groups (broad SMARTS) is 1. The maximum absolute atomic E-state index is 12.4. The van der Waals surface area contributed by atoms with Crippen molar-refractivity contribution >= 4 is 17.5 Å². The Morgan fingerprint density at radius 3 is 2.48 bits per heavy atom. The number of aliphatic carboxylic acids is 1. The molecule has 0 aliphatic rings. The van der Waals surface area contributed by atoms with E-state index in [1.165, 1.54) is 16.8 Å². The first-order valence-corrected chi connectivity index (χ1v) is 9.84. The third kappa shape index (κ3) is 4.26. The lowest BCUT2D eigenvalue weighted by Crippen LogP contribution is -2.40. The molecule has 33 heavy (non-hydrogen) atoms. The third-order valence-corrected chi connectivity index (χ3v) is 4.85. The number of carbonyl (C=O) groups excluding carboxylic acids is 1. The van der Waals surface area contributed by atoms with E-state index in [0.717, 1.165) is 17.0 Å². The Morgan fingerprint density at radius 1 is 1.09 bits per heavy atom. The number of aliphatic hydroxyl groups excluding tert-OH is 1. The van der Waals surface area contributed by atoms with Gasteiger partial charge in [0.2, 0.25) is 6.23 Å². The molecule has 3 aromatic heterocycles. The zero-order valence-corrected chi connectivity index (χ0v) is 17.6. The van der Waals surface area contributed by atoms with Gasteiger partial charge in [-0.15, -0.1) is 0 Å². The Morgan fingerprint density at radius 2 is 1.82 bits per heavy atom. The molecule has 0 spiro atoms. The summed E-state index contributed by atoms with van der Waals surface area (Å²) in [6.07, 6.45) is -0.540. The summed E-state index contributed by atoms with van der Waals surface area (Å²) in [7, 11) is 0. The summed E-state index contributed by atoms with van der Waals surface area (Å²) >= 11 is 0. The largest absolute Gasteiger partial charge is 0.478 e. The van der Waals surface area contributed by atoms with Gasteiger partial charge >= 0.3 is 5.97 Å². The van der Waals surface area contributed by atoms with Crippen LogP contribution in [0.25, 0.3) is 28.0 Å². The van der Waals surface area contributed by atoms with Crippen molar-refractivity contribution in [3.63, 3.8) is 0 Å². The van der Waals surface area contributed by atoms with E-state index in [1.54, 1.807) is 18.2 Å². The summed E-state index contributed by atoms with van der Waals surface area (Å²) in [6.45, 7) is 3.72. The molecular formula is C23H18N6O4. The molecule has 0 saturated carbocycles. The maximum atomic E-state index is 12.4. The lowest BCUT2D eigenvalue weighted by Gasteiger charge is -2.09. The number of amides is 1. The molecule has 0 aliphatic heterocycles. The number of nitrogens with zero attached hydrogens (tertiary/aromatic N) is 5. The van der Waals surface area contributed by atoms with E-state index in [9.17, 15) is 20.0 Å². The van der Waals surface area contributed by atoms with Gasteiger partial charge in [0.1, 0.15) is 11.4 Å². The fourth-order valence-electron chi connectivity index (χ4n) is 3.50. The third-order valence-electron chi connectivity index (χ3n) is 4.85. The van der Waals surface area contributed by atoms with Gasteiger partial charge in [-0.25, -0.2) is 14.3 Å². The molecule has 3 heterocycles. The number of carboxylic acids is 1. The normalized spacial score (nSPS) is 11.7. The van der Waals surface area contributed by atoms with Crippen molar-refractivity contribution in [3.05, 3.63) is 71.3 Å². The van der Waals surface area contributed by atoms with Crippen molar-refractivity contribution in [1.82, 2.24) is 24.9 Å². The minimum absolute atomic E-state index is 0.0937. The second kappa shape index (κ2) is 8.49. The van der Waals surface area contributed by atoms with Gasteiger partial charge in [0.25, 0.3) is 5.91 Å². The summed E-state index contributed by atoms with van der Waals surface area (Å²) in [6, 6.07) is 14.2. The predicted molar refractivity (Wildman–Crippen MR) is 117 cm³/mol. The molecule has 10 nitrogen and oxygen atoms in total. The van der Waals surface area contributed by atoms with Crippen LogP contribution in [0.4, 0.5) is 0 Å². The molecule has 4 aromatic rings. The van der Waals surface area contributed by atoms with E-state index in [4.69, 9.17) is 5.11 Å². The summed E-state index contributed by atoms with van der Waals surface area (Å²) < 4.78 is 1.50. The summed E-state index contributed by atoms with van der Waals surface area (Å²) in [5, 5.41) is 34.2. The molecule has 3 N–H and O–H groups in total. The molecule has 10 heteroatoms. The predicted octanol–water partition coefficient (Wildman–Crippen LogP) is 2.08. The van der Waals surface area contributed by atoms with Gasteiger partial charge in [0.05, 0.1) is 17.2 Å². The van der Waals surface area contributed by atoms with Crippen molar-refractivity contribution < 1.29 is 19.8 Å². The average Bonchev–Trinajstić information content (AvgIpc) is 3.17. The standard InChI is InChI=1S/C23H18N6O4/c1-12-8-16(9-13(2)25-12)18-19(15-5-3-4-14(10-15)11-24)28-29-7-6-17(26-20(18)29)21(30)27-22(31)23(32)33/h3-10,22,31H,1-2H3,(H,27,30)(H,32,33)/t22-/m0/s1. The van der Waals surface area contributed by atoms with Crippen LogP contribution in [0.2, 0.25) is 0 Å². The van der Waals surface area contributed by atoms with Crippen molar-refractivity contribution in [1.29, 1.82) is 5.26 Å². The van der Waals surface area contributed by atoms with Crippen molar-refractivity contribution in [3.8, 4) is 28.5 Å². The number of aliphatic hydroxyl groups is 1. The molecule has 0 fully saturated rings. The maximum Gasteiger partial charge on any atom is 0.353 e. The Kier molecular flexibility index (Phi) is 5.56. The van der Waals surface area contributed by atoms with E-state index in [-0.39, 0.29) is 5.69 Å². The van der Waals surface area contributed by atoms with Gasteiger partial charge in [0, 0.05) is 23.1 Å². The molecule has 0 unspecified atom stereocenters. The zero-order valence-electron chi connectivity index (χ0n) is 17.6. The Bertz CT molecular complexity index is 1430. The highest BCUT2D eigenvalue weighted by molar-refractivity contribution is 5.97. The van der Waals surface area contributed by atoms with E-state index in [1.807, 2.05) is 37.4 Å². The number of rotatable bonds is 5. The first-order valence-electron chi connectivity index (χ1n) is 9.84. The number of hydrogen-bond donors (Lipinski definition) is 3. The number of nitrogens with one attached hydrogen (secondary N) is 1. The number of aryl methyl sites for hydroxylation is 2. The molecule has 1 atom stereocenters. The van der Waals surface area contributed by atoms with Crippen LogP contribution in [0, 0.1) is 25.2 Å².